The molecule has 0 saturated carbocycles. The summed E-state index contributed by atoms with van der Waals surface area (Å²) in [6.45, 7) is 12.0. The third-order valence-electron chi connectivity index (χ3n) is 3.82. The highest BCUT2D eigenvalue weighted by molar-refractivity contribution is 9.10. The molecule has 106 valence electrons. The minimum atomic E-state index is 0.145. The van der Waals surface area contributed by atoms with Gasteiger partial charge in [-0.1, -0.05) is 33.6 Å². The molecule has 0 spiro atoms. The molecule has 0 amide bonds. The third-order valence-corrected chi connectivity index (χ3v) is 4.66. The lowest BCUT2D eigenvalue weighted by molar-refractivity contribution is 0.0324. The van der Waals surface area contributed by atoms with Crippen LogP contribution in [0.25, 0.3) is 0 Å². The maximum absolute atomic E-state index is 6.34. The smallest absolute Gasteiger partial charge is 0.0462 e. The second kappa shape index (κ2) is 5.36. The van der Waals surface area contributed by atoms with Crippen molar-refractivity contribution < 1.29 is 0 Å². The fourth-order valence-electron chi connectivity index (χ4n) is 2.44. The molecule has 1 aliphatic rings. The zero-order valence-electron chi connectivity index (χ0n) is 12.1. The molecule has 1 heterocycles. The van der Waals surface area contributed by atoms with E-state index in [1.54, 1.807) is 0 Å². The van der Waals surface area contributed by atoms with Gasteiger partial charge in [-0.05, 0) is 45.4 Å². The van der Waals surface area contributed by atoms with E-state index in [1.165, 1.54) is 5.56 Å². The number of halogens is 2. The van der Waals surface area contributed by atoms with E-state index in [0.29, 0.717) is 0 Å². The Kier molecular flexibility index (Phi) is 4.32. The third kappa shape index (κ3) is 3.72. The first-order chi connectivity index (χ1) is 8.70. The van der Waals surface area contributed by atoms with Crippen LogP contribution >= 0.6 is 27.5 Å². The summed E-state index contributed by atoms with van der Waals surface area (Å²) in [5.41, 5.74) is 1.49. The van der Waals surface area contributed by atoms with Gasteiger partial charge >= 0.3 is 0 Å². The Morgan fingerprint density at radius 3 is 2.63 bits per heavy atom. The SMILES string of the molecule is CC1(C)CN(Cc2ccc(Br)cc2Cl)C(C)(C)CN1. The Labute approximate surface area is 129 Å². The molecule has 0 bridgehead atoms. The zero-order valence-corrected chi connectivity index (χ0v) is 14.4. The summed E-state index contributed by atoms with van der Waals surface area (Å²) in [6.07, 6.45) is 0. The largest absolute Gasteiger partial charge is 0.309 e. The van der Waals surface area contributed by atoms with Crippen molar-refractivity contribution in [2.45, 2.75) is 45.3 Å². The van der Waals surface area contributed by atoms with Crippen molar-refractivity contribution in [1.29, 1.82) is 0 Å². The summed E-state index contributed by atoms with van der Waals surface area (Å²) in [5, 5.41) is 4.44. The molecule has 1 saturated heterocycles. The van der Waals surface area contributed by atoms with Gasteiger partial charge in [0, 0.05) is 40.2 Å². The number of hydrogen-bond acceptors (Lipinski definition) is 2. The lowest BCUT2D eigenvalue weighted by Crippen LogP contribution is -2.65. The second-order valence-electron chi connectivity index (χ2n) is 6.64. The van der Waals surface area contributed by atoms with Crippen LogP contribution in [0.1, 0.15) is 33.3 Å². The van der Waals surface area contributed by atoms with Crippen LogP contribution in [0, 0.1) is 0 Å². The van der Waals surface area contributed by atoms with Crippen molar-refractivity contribution in [2.24, 2.45) is 0 Å². The minimum absolute atomic E-state index is 0.145. The molecule has 1 aromatic carbocycles. The Balaban J connectivity index is 2.20. The summed E-state index contributed by atoms with van der Waals surface area (Å²) in [7, 11) is 0. The summed E-state index contributed by atoms with van der Waals surface area (Å²) >= 11 is 9.79. The quantitative estimate of drug-likeness (QED) is 0.869. The molecule has 1 aliphatic heterocycles. The van der Waals surface area contributed by atoms with Gasteiger partial charge in [-0.15, -0.1) is 0 Å². The normalized spacial score (nSPS) is 22.4. The number of benzene rings is 1. The van der Waals surface area contributed by atoms with Crippen molar-refractivity contribution >= 4 is 27.5 Å². The molecule has 2 rings (SSSR count). The number of nitrogens with one attached hydrogen (secondary N) is 1. The fraction of sp³-hybridized carbons (Fsp3) is 0.600. The summed E-state index contributed by atoms with van der Waals surface area (Å²) in [6, 6.07) is 6.14. The van der Waals surface area contributed by atoms with Crippen LogP contribution in [0.4, 0.5) is 0 Å². The highest BCUT2D eigenvalue weighted by atomic mass is 79.9. The van der Waals surface area contributed by atoms with Gasteiger partial charge in [-0.2, -0.15) is 0 Å². The fourth-order valence-corrected chi connectivity index (χ4v) is 3.17. The second-order valence-corrected chi connectivity index (χ2v) is 7.96. The topological polar surface area (TPSA) is 15.3 Å². The Morgan fingerprint density at radius 2 is 2.00 bits per heavy atom. The Hall–Kier alpha value is -0.0900. The highest BCUT2D eigenvalue weighted by Crippen LogP contribution is 2.28. The van der Waals surface area contributed by atoms with Crippen LogP contribution in [0.15, 0.2) is 22.7 Å². The first kappa shape index (κ1) is 15.3. The molecule has 1 aromatic rings. The van der Waals surface area contributed by atoms with Gasteiger partial charge in [-0.3, -0.25) is 4.90 Å². The van der Waals surface area contributed by atoms with E-state index in [9.17, 15) is 0 Å². The summed E-state index contributed by atoms with van der Waals surface area (Å²) in [4.78, 5) is 2.51. The average molecular weight is 346 g/mol. The zero-order chi connectivity index (χ0) is 14.3. The average Bonchev–Trinajstić information content (AvgIpc) is 2.28. The maximum atomic E-state index is 6.34. The molecular weight excluding hydrogens is 324 g/mol. The van der Waals surface area contributed by atoms with Crippen LogP contribution in [0.3, 0.4) is 0 Å². The number of rotatable bonds is 2. The van der Waals surface area contributed by atoms with E-state index in [1.807, 2.05) is 6.07 Å². The minimum Gasteiger partial charge on any atom is -0.309 e. The van der Waals surface area contributed by atoms with Crippen LogP contribution < -0.4 is 5.32 Å². The van der Waals surface area contributed by atoms with Gasteiger partial charge in [0.05, 0.1) is 0 Å². The van der Waals surface area contributed by atoms with E-state index < -0.39 is 0 Å². The van der Waals surface area contributed by atoms with Gasteiger partial charge < -0.3 is 5.32 Å². The monoisotopic (exact) mass is 344 g/mol. The van der Waals surface area contributed by atoms with E-state index in [2.05, 4.69) is 66.0 Å². The molecule has 0 aromatic heterocycles. The van der Waals surface area contributed by atoms with Gasteiger partial charge in [0.1, 0.15) is 0 Å². The van der Waals surface area contributed by atoms with Gasteiger partial charge in [-0.25, -0.2) is 0 Å². The van der Waals surface area contributed by atoms with Crippen LogP contribution in [0.5, 0.6) is 0 Å². The molecule has 1 N–H and O–H groups in total. The van der Waals surface area contributed by atoms with Crippen LogP contribution in [0.2, 0.25) is 5.02 Å². The summed E-state index contributed by atoms with van der Waals surface area (Å²) in [5.74, 6) is 0. The number of piperazine rings is 1. The van der Waals surface area contributed by atoms with Gasteiger partial charge in [0.2, 0.25) is 0 Å². The maximum Gasteiger partial charge on any atom is 0.0462 e. The highest BCUT2D eigenvalue weighted by Gasteiger charge is 2.37. The standard InChI is InChI=1S/C15H22BrClN2/c1-14(2)10-19(15(3,4)9-18-14)8-11-5-6-12(16)7-13(11)17/h5-7,18H,8-10H2,1-4H3. The molecule has 0 radical (unpaired) electrons. The molecule has 0 aliphatic carbocycles. The first-order valence-corrected chi connectivity index (χ1v) is 7.81. The molecular formula is C15H22BrClN2. The van der Waals surface area contributed by atoms with Crippen LogP contribution in [-0.4, -0.2) is 29.1 Å². The van der Waals surface area contributed by atoms with Crippen molar-refractivity contribution in [3.63, 3.8) is 0 Å². The lowest BCUT2D eigenvalue weighted by atomic mass is 9.91. The predicted octanol–water partition coefficient (Wildman–Crippen LogP) is 4.06. The van der Waals surface area contributed by atoms with Crippen LogP contribution in [-0.2, 0) is 6.54 Å². The first-order valence-electron chi connectivity index (χ1n) is 6.64. The molecule has 0 unspecified atom stereocenters. The van der Waals surface area contributed by atoms with E-state index >= 15 is 0 Å². The Bertz CT molecular complexity index is 471. The molecule has 2 nitrogen and oxygen atoms in total. The van der Waals surface area contributed by atoms with E-state index in [4.69, 9.17) is 11.6 Å². The van der Waals surface area contributed by atoms with E-state index in [0.717, 1.165) is 29.1 Å². The van der Waals surface area contributed by atoms with Crippen molar-refractivity contribution in [3.8, 4) is 0 Å². The van der Waals surface area contributed by atoms with Crippen molar-refractivity contribution in [1.82, 2.24) is 10.2 Å². The number of nitrogens with zero attached hydrogens (tertiary/aromatic N) is 1. The molecule has 0 atom stereocenters. The van der Waals surface area contributed by atoms with E-state index in [-0.39, 0.29) is 11.1 Å². The molecule has 19 heavy (non-hydrogen) atoms. The predicted molar refractivity (Wildman–Crippen MR) is 85.7 cm³/mol. The van der Waals surface area contributed by atoms with Crippen molar-refractivity contribution in [3.05, 3.63) is 33.3 Å². The lowest BCUT2D eigenvalue weighted by Gasteiger charge is -2.49. The molecule has 1 fully saturated rings. The van der Waals surface area contributed by atoms with Gasteiger partial charge in [0.15, 0.2) is 0 Å². The summed E-state index contributed by atoms with van der Waals surface area (Å²) < 4.78 is 1.03. The van der Waals surface area contributed by atoms with Gasteiger partial charge in [0.25, 0.3) is 0 Å². The number of hydrogen-bond donors (Lipinski definition) is 1. The Morgan fingerprint density at radius 1 is 1.32 bits per heavy atom. The van der Waals surface area contributed by atoms with Crippen molar-refractivity contribution in [2.75, 3.05) is 13.1 Å². The molecule has 4 heteroatoms.